The molecule has 3 rings (SSSR count). The molecule has 0 bridgehead atoms. The number of nitrogens with zero attached hydrogens (tertiary/aromatic N) is 1. The Morgan fingerprint density at radius 3 is 1.93 bits per heavy atom. The molecule has 3 aromatic rings. The van der Waals surface area contributed by atoms with Crippen LogP contribution in [0.3, 0.4) is 0 Å². The van der Waals surface area contributed by atoms with Gasteiger partial charge in [0.15, 0.2) is 0 Å². The van der Waals surface area contributed by atoms with Gasteiger partial charge >= 0.3 is 0 Å². The molecule has 0 fully saturated rings. The van der Waals surface area contributed by atoms with Crippen molar-refractivity contribution in [2.75, 3.05) is 0 Å². The highest BCUT2D eigenvalue weighted by Gasteiger charge is 2.19. The Balaban J connectivity index is 2.32. The summed E-state index contributed by atoms with van der Waals surface area (Å²) in [5.41, 5.74) is 0.681. The van der Waals surface area contributed by atoms with Gasteiger partial charge in [0, 0.05) is 17.7 Å². The first-order valence-electron chi connectivity index (χ1n) is 7.40. The Kier molecular flexibility index (Phi) is 4.74. The number of rotatable bonds is 4. The molecule has 0 aliphatic heterocycles. The fourth-order valence-corrected chi connectivity index (χ4v) is 3.57. The van der Waals surface area contributed by atoms with Gasteiger partial charge in [-0.05, 0) is 29.1 Å². The van der Waals surface area contributed by atoms with E-state index in [1.807, 2.05) is 0 Å². The van der Waals surface area contributed by atoms with E-state index < -0.39 is 35.8 Å². The first-order chi connectivity index (χ1) is 12.6. The van der Waals surface area contributed by atoms with Crippen LogP contribution in [0.15, 0.2) is 69.4 Å². The molecule has 10 heteroatoms. The lowest BCUT2D eigenvalue weighted by molar-refractivity contribution is 0.471. The first-order valence-corrected chi connectivity index (χ1v) is 10.3. The van der Waals surface area contributed by atoms with E-state index in [1.54, 1.807) is 30.3 Å². The summed E-state index contributed by atoms with van der Waals surface area (Å²) < 4.78 is 64.3. The largest absolute Gasteiger partial charge is 0.507 e. The van der Waals surface area contributed by atoms with Crippen molar-refractivity contribution in [3.8, 4) is 5.75 Å². The van der Waals surface area contributed by atoms with E-state index in [-0.39, 0.29) is 16.5 Å². The second kappa shape index (κ2) is 6.74. The van der Waals surface area contributed by atoms with Crippen molar-refractivity contribution in [1.29, 1.82) is 0 Å². The summed E-state index contributed by atoms with van der Waals surface area (Å²) in [6.07, 6.45) is 1.42. The molecule has 0 spiro atoms. The van der Waals surface area contributed by atoms with E-state index in [1.165, 1.54) is 6.21 Å². The molecule has 0 unspecified atom stereocenters. The van der Waals surface area contributed by atoms with Crippen molar-refractivity contribution in [3.05, 3.63) is 60.2 Å². The van der Waals surface area contributed by atoms with Gasteiger partial charge in [-0.3, -0.25) is 14.1 Å². The topological polar surface area (TPSA) is 141 Å². The standard InChI is InChI=1S/C17H13NO7S2/c19-16-9-14(27(23,24)25)7-12-6-13(26(20,21)22)8-15(17(12)16)18-10-11-4-2-1-3-5-11/h1-10,19H,(H,20,21,22)(H,23,24,25). The predicted molar refractivity (Wildman–Crippen MR) is 98.9 cm³/mol. The third kappa shape index (κ3) is 4.14. The number of aliphatic imine (C=N–C) groups is 1. The van der Waals surface area contributed by atoms with Crippen molar-refractivity contribution in [3.63, 3.8) is 0 Å². The molecule has 0 aromatic heterocycles. The zero-order valence-electron chi connectivity index (χ0n) is 13.5. The Hall–Kier alpha value is -2.79. The fraction of sp³-hybridized carbons (Fsp3) is 0. The van der Waals surface area contributed by atoms with Crippen LogP contribution in [0.4, 0.5) is 5.69 Å². The Morgan fingerprint density at radius 2 is 1.37 bits per heavy atom. The van der Waals surface area contributed by atoms with E-state index in [2.05, 4.69) is 4.99 Å². The van der Waals surface area contributed by atoms with Gasteiger partial charge in [-0.15, -0.1) is 0 Å². The zero-order valence-corrected chi connectivity index (χ0v) is 15.1. The number of benzene rings is 3. The maximum absolute atomic E-state index is 11.5. The van der Waals surface area contributed by atoms with Crippen LogP contribution < -0.4 is 0 Å². The molecule has 0 amide bonds. The average molecular weight is 407 g/mol. The van der Waals surface area contributed by atoms with Crippen LogP contribution in [0, 0.1) is 0 Å². The summed E-state index contributed by atoms with van der Waals surface area (Å²) in [6, 6.07) is 12.6. The summed E-state index contributed by atoms with van der Waals surface area (Å²) in [5.74, 6) is -0.526. The highest BCUT2D eigenvalue weighted by atomic mass is 32.2. The molecule has 0 radical (unpaired) electrons. The lowest BCUT2D eigenvalue weighted by Gasteiger charge is -2.09. The van der Waals surface area contributed by atoms with Gasteiger partial charge in [0.25, 0.3) is 20.2 Å². The van der Waals surface area contributed by atoms with Gasteiger partial charge in [-0.1, -0.05) is 30.3 Å². The summed E-state index contributed by atoms with van der Waals surface area (Å²) in [4.78, 5) is 2.99. The summed E-state index contributed by atoms with van der Waals surface area (Å²) >= 11 is 0. The number of hydrogen-bond donors (Lipinski definition) is 3. The van der Waals surface area contributed by atoms with Crippen molar-refractivity contribution in [2.45, 2.75) is 9.79 Å². The first kappa shape index (κ1) is 19.0. The third-order valence-electron chi connectivity index (χ3n) is 3.70. The minimum atomic E-state index is -4.64. The van der Waals surface area contributed by atoms with Crippen LogP contribution in [-0.4, -0.2) is 37.3 Å². The van der Waals surface area contributed by atoms with Gasteiger partial charge < -0.3 is 5.11 Å². The monoisotopic (exact) mass is 407 g/mol. The van der Waals surface area contributed by atoms with Crippen molar-refractivity contribution >= 4 is 42.9 Å². The molecule has 3 N–H and O–H groups in total. The van der Waals surface area contributed by atoms with E-state index in [0.29, 0.717) is 5.56 Å². The van der Waals surface area contributed by atoms with Crippen LogP contribution >= 0.6 is 0 Å². The van der Waals surface area contributed by atoms with Crippen LogP contribution in [0.1, 0.15) is 5.56 Å². The second-order valence-electron chi connectivity index (χ2n) is 5.60. The molecule has 0 aliphatic rings. The van der Waals surface area contributed by atoms with E-state index in [4.69, 9.17) is 0 Å². The number of fused-ring (bicyclic) bond motifs is 1. The number of aromatic hydroxyl groups is 1. The summed E-state index contributed by atoms with van der Waals surface area (Å²) in [5, 5.41) is 10.2. The van der Waals surface area contributed by atoms with Crippen LogP contribution in [0.5, 0.6) is 5.75 Å². The number of hydrogen-bond acceptors (Lipinski definition) is 6. The lowest BCUT2D eigenvalue weighted by Crippen LogP contribution is -2.00. The van der Waals surface area contributed by atoms with Gasteiger partial charge in [0.05, 0.1) is 15.5 Å². The van der Waals surface area contributed by atoms with Crippen LogP contribution in [0.2, 0.25) is 0 Å². The predicted octanol–water partition coefficient (Wildman–Crippen LogP) is 2.79. The van der Waals surface area contributed by atoms with Crippen molar-refractivity contribution < 1.29 is 31.0 Å². The van der Waals surface area contributed by atoms with E-state index in [9.17, 15) is 31.0 Å². The average Bonchev–Trinajstić information content (AvgIpc) is 2.58. The normalized spacial score (nSPS) is 12.7. The van der Waals surface area contributed by atoms with E-state index in [0.717, 1.165) is 24.3 Å². The molecule has 0 saturated carbocycles. The number of phenolic OH excluding ortho intramolecular Hbond substituents is 1. The molecule has 8 nitrogen and oxygen atoms in total. The quantitative estimate of drug-likeness (QED) is 0.446. The molecule has 0 heterocycles. The maximum Gasteiger partial charge on any atom is 0.294 e. The summed E-state index contributed by atoms with van der Waals surface area (Å²) in [7, 11) is -9.27. The molecular formula is C17H13NO7S2. The van der Waals surface area contributed by atoms with Crippen molar-refractivity contribution in [1.82, 2.24) is 0 Å². The molecule has 27 heavy (non-hydrogen) atoms. The lowest BCUT2D eigenvalue weighted by atomic mass is 10.1. The Bertz CT molecular complexity index is 1260. The van der Waals surface area contributed by atoms with Gasteiger partial charge in [-0.25, -0.2) is 0 Å². The minimum absolute atomic E-state index is 0.0108. The molecule has 140 valence electrons. The molecule has 0 aliphatic carbocycles. The van der Waals surface area contributed by atoms with Crippen LogP contribution in [-0.2, 0) is 20.2 Å². The SMILES string of the molecule is O=S(=O)(O)c1cc(O)c2c(N=Cc3ccccc3)cc(S(=O)(=O)O)cc2c1. The molecular weight excluding hydrogens is 394 g/mol. The fourth-order valence-electron chi connectivity index (χ4n) is 2.50. The Morgan fingerprint density at radius 1 is 0.815 bits per heavy atom. The van der Waals surface area contributed by atoms with Gasteiger partial charge in [0.2, 0.25) is 0 Å². The molecule has 3 aromatic carbocycles. The van der Waals surface area contributed by atoms with E-state index >= 15 is 0 Å². The maximum atomic E-state index is 11.5. The Labute approximate surface area is 154 Å². The third-order valence-corrected chi connectivity index (χ3v) is 5.37. The minimum Gasteiger partial charge on any atom is -0.507 e. The second-order valence-corrected chi connectivity index (χ2v) is 8.45. The van der Waals surface area contributed by atoms with Crippen LogP contribution in [0.25, 0.3) is 10.8 Å². The van der Waals surface area contributed by atoms with Gasteiger partial charge in [0.1, 0.15) is 5.75 Å². The zero-order chi connectivity index (χ0) is 19.8. The summed E-state index contributed by atoms with van der Waals surface area (Å²) in [6.45, 7) is 0. The smallest absolute Gasteiger partial charge is 0.294 e. The van der Waals surface area contributed by atoms with Gasteiger partial charge in [-0.2, -0.15) is 16.8 Å². The molecule has 0 atom stereocenters. The highest BCUT2D eigenvalue weighted by molar-refractivity contribution is 7.86. The number of phenols is 1. The van der Waals surface area contributed by atoms with Crippen molar-refractivity contribution in [2.24, 2.45) is 4.99 Å². The molecule has 0 saturated heterocycles. The highest BCUT2D eigenvalue weighted by Crippen LogP contribution is 2.38.